The van der Waals surface area contributed by atoms with Gasteiger partial charge in [0.2, 0.25) is 5.91 Å². The van der Waals surface area contributed by atoms with Crippen LogP contribution in [0.25, 0.3) is 0 Å². The average molecular weight is 381 g/mol. The third kappa shape index (κ3) is 5.69. The van der Waals surface area contributed by atoms with Crippen LogP contribution in [0.5, 0.6) is 0 Å². The van der Waals surface area contributed by atoms with E-state index in [9.17, 15) is 18.0 Å². The number of hydrogen-bond donors (Lipinski definition) is 4. The maximum absolute atomic E-state index is 11.1. The molecule has 1 rings (SSSR count). The Labute approximate surface area is 129 Å². The van der Waals surface area contributed by atoms with E-state index in [-0.39, 0.29) is 18.5 Å². The predicted molar refractivity (Wildman–Crippen MR) is 77.4 cm³/mol. The van der Waals surface area contributed by atoms with E-state index in [4.69, 9.17) is 15.4 Å². The Hall–Kier alpha value is -1.65. The van der Waals surface area contributed by atoms with Gasteiger partial charge in [0, 0.05) is 16.6 Å². The van der Waals surface area contributed by atoms with E-state index in [0.29, 0.717) is 4.47 Å². The lowest BCUT2D eigenvalue weighted by Gasteiger charge is -2.16. The number of halogens is 1. The van der Waals surface area contributed by atoms with Gasteiger partial charge in [-0.1, -0.05) is 15.9 Å². The number of primary amides is 1. The first kappa shape index (κ1) is 17.4. The molecule has 10 heteroatoms. The minimum atomic E-state index is -4.42. The van der Waals surface area contributed by atoms with Gasteiger partial charge in [-0.2, -0.15) is 8.42 Å². The summed E-state index contributed by atoms with van der Waals surface area (Å²) in [6, 6.07) is 2.57. The van der Waals surface area contributed by atoms with Gasteiger partial charge in [0.25, 0.3) is 10.1 Å². The molecule has 0 bridgehead atoms. The minimum absolute atomic E-state index is 0.0572. The Balaban J connectivity index is 3.01. The van der Waals surface area contributed by atoms with Crippen LogP contribution in [0.2, 0.25) is 0 Å². The first-order chi connectivity index (χ1) is 9.59. The lowest BCUT2D eigenvalue weighted by atomic mass is 10.1. The van der Waals surface area contributed by atoms with Crippen LogP contribution in [-0.2, 0) is 19.7 Å². The van der Waals surface area contributed by atoms with Gasteiger partial charge in [0.15, 0.2) is 0 Å². The van der Waals surface area contributed by atoms with Crippen molar-refractivity contribution in [2.24, 2.45) is 5.73 Å². The van der Waals surface area contributed by atoms with E-state index in [0.717, 1.165) is 6.07 Å². The van der Waals surface area contributed by atoms with Gasteiger partial charge in [-0.05, 0) is 24.6 Å². The molecular formula is C11H13BrN2O6S. The largest absolute Gasteiger partial charge is 0.480 e. The second-order valence-electron chi connectivity index (χ2n) is 4.19. The molecule has 0 saturated carbocycles. The van der Waals surface area contributed by atoms with Crippen molar-refractivity contribution in [2.45, 2.75) is 23.8 Å². The molecule has 0 spiro atoms. The van der Waals surface area contributed by atoms with Crippen molar-refractivity contribution in [2.75, 3.05) is 5.32 Å². The molecule has 0 aromatic heterocycles. The molecule has 1 aromatic carbocycles. The van der Waals surface area contributed by atoms with E-state index >= 15 is 0 Å². The normalized spacial score (nSPS) is 12.7. The minimum Gasteiger partial charge on any atom is -0.480 e. The number of amides is 1. The van der Waals surface area contributed by atoms with E-state index in [1.54, 1.807) is 0 Å². The van der Waals surface area contributed by atoms with Crippen molar-refractivity contribution in [3.8, 4) is 0 Å². The number of rotatable bonds is 7. The van der Waals surface area contributed by atoms with Crippen LogP contribution in [0.3, 0.4) is 0 Å². The van der Waals surface area contributed by atoms with Gasteiger partial charge in [-0.15, -0.1) is 0 Å². The molecule has 0 unspecified atom stereocenters. The van der Waals surface area contributed by atoms with Crippen LogP contribution in [-0.4, -0.2) is 36.0 Å². The van der Waals surface area contributed by atoms with Gasteiger partial charge in [-0.3, -0.25) is 9.35 Å². The zero-order chi connectivity index (χ0) is 16.2. The molecular weight excluding hydrogens is 368 g/mol. The highest BCUT2D eigenvalue weighted by molar-refractivity contribution is 9.10. The third-order valence-electron chi connectivity index (χ3n) is 2.49. The quantitative estimate of drug-likeness (QED) is 0.512. The fourth-order valence-electron chi connectivity index (χ4n) is 1.54. The highest BCUT2D eigenvalue weighted by atomic mass is 79.9. The second kappa shape index (κ2) is 6.87. The first-order valence-corrected chi connectivity index (χ1v) is 7.88. The van der Waals surface area contributed by atoms with Gasteiger partial charge < -0.3 is 16.2 Å². The average Bonchev–Trinajstić information content (AvgIpc) is 2.32. The lowest BCUT2D eigenvalue weighted by molar-refractivity contribution is -0.138. The Morgan fingerprint density at radius 3 is 2.43 bits per heavy atom. The summed E-state index contributed by atoms with van der Waals surface area (Å²) in [5.74, 6) is -1.86. The first-order valence-electron chi connectivity index (χ1n) is 5.65. The summed E-state index contributed by atoms with van der Waals surface area (Å²) in [6.07, 6.45) is -0.193. The molecule has 1 amide bonds. The second-order valence-corrected chi connectivity index (χ2v) is 6.53. The molecule has 0 aliphatic carbocycles. The highest BCUT2D eigenvalue weighted by Crippen LogP contribution is 2.23. The number of carboxylic acids is 1. The number of nitrogens with one attached hydrogen (secondary N) is 1. The van der Waals surface area contributed by atoms with Gasteiger partial charge in [-0.25, -0.2) is 4.79 Å². The maximum atomic E-state index is 11.1. The predicted octanol–water partition coefficient (Wildman–Crippen LogP) is 0.826. The molecule has 0 aliphatic rings. The molecule has 0 aliphatic heterocycles. The summed E-state index contributed by atoms with van der Waals surface area (Å²) in [4.78, 5) is 21.4. The van der Waals surface area contributed by atoms with Crippen LogP contribution in [0.4, 0.5) is 5.69 Å². The number of anilines is 1. The van der Waals surface area contributed by atoms with Crippen LogP contribution in [0, 0.1) is 0 Å². The molecule has 8 nitrogen and oxygen atoms in total. The van der Waals surface area contributed by atoms with E-state index in [2.05, 4.69) is 21.2 Å². The topological polar surface area (TPSA) is 147 Å². The maximum Gasteiger partial charge on any atom is 0.326 e. The lowest BCUT2D eigenvalue weighted by Crippen LogP contribution is -2.30. The Bertz CT molecular complexity index is 661. The molecule has 116 valence electrons. The number of carbonyl (C=O) groups is 2. The molecule has 21 heavy (non-hydrogen) atoms. The number of carbonyl (C=O) groups excluding carboxylic acids is 1. The Kier molecular flexibility index (Phi) is 5.70. The zero-order valence-electron chi connectivity index (χ0n) is 10.6. The summed E-state index contributed by atoms with van der Waals surface area (Å²) in [6.45, 7) is 0. The molecule has 0 saturated heterocycles. The Morgan fingerprint density at radius 1 is 1.33 bits per heavy atom. The monoisotopic (exact) mass is 380 g/mol. The molecule has 0 fully saturated rings. The van der Waals surface area contributed by atoms with E-state index in [1.165, 1.54) is 12.1 Å². The number of carboxylic acid groups (broad SMARTS) is 1. The fraction of sp³-hybridized carbons (Fsp3) is 0.273. The summed E-state index contributed by atoms with van der Waals surface area (Å²) in [5.41, 5.74) is 5.12. The number of nitrogens with two attached hydrogens (primary N) is 1. The van der Waals surface area contributed by atoms with Crippen molar-refractivity contribution in [3.63, 3.8) is 0 Å². The number of hydrogen-bond acceptors (Lipinski definition) is 5. The fourth-order valence-corrected chi connectivity index (χ4v) is 2.74. The van der Waals surface area contributed by atoms with E-state index in [1.807, 2.05) is 0 Å². The van der Waals surface area contributed by atoms with Crippen molar-refractivity contribution >= 4 is 43.6 Å². The standard InChI is InChI=1S/C11H13BrN2O6S/c12-6-3-7(5-8(4-6)21(18,19)20)14-9(11(16)17)1-2-10(13)15/h3-5,9,14H,1-2H2,(H2,13,15)(H,16,17)(H,18,19,20)/t9-/m0/s1. The SMILES string of the molecule is NC(=O)CC[C@H](Nc1cc(Br)cc(S(=O)(=O)O)c1)C(=O)O. The Morgan fingerprint density at radius 2 is 1.95 bits per heavy atom. The molecule has 5 N–H and O–H groups in total. The number of benzene rings is 1. The molecule has 1 atom stereocenters. The number of aliphatic carboxylic acids is 1. The van der Waals surface area contributed by atoms with E-state index < -0.39 is 32.9 Å². The van der Waals surface area contributed by atoms with Crippen molar-refractivity contribution in [1.29, 1.82) is 0 Å². The van der Waals surface area contributed by atoms with Gasteiger partial charge in [0.05, 0.1) is 4.90 Å². The highest BCUT2D eigenvalue weighted by Gasteiger charge is 2.19. The molecule has 0 heterocycles. The molecule has 1 aromatic rings. The summed E-state index contributed by atoms with van der Waals surface area (Å²) in [7, 11) is -4.42. The molecule has 0 radical (unpaired) electrons. The summed E-state index contributed by atoms with van der Waals surface area (Å²) >= 11 is 3.06. The zero-order valence-corrected chi connectivity index (χ0v) is 13.0. The van der Waals surface area contributed by atoms with Gasteiger partial charge >= 0.3 is 5.97 Å². The van der Waals surface area contributed by atoms with Crippen LogP contribution in [0.1, 0.15) is 12.8 Å². The van der Waals surface area contributed by atoms with Crippen LogP contribution in [0.15, 0.2) is 27.6 Å². The summed E-state index contributed by atoms with van der Waals surface area (Å²) in [5, 5.41) is 11.6. The van der Waals surface area contributed by atoms with Gasteiger partial charge in [0.1, 0.15) is 6.04 Å². The van der Waals surface area contributed by atoms with Crippen LogP contribution < -0.4 is 11.1 Å². The summed E-state index contributed by atoms with van der Waals surface area (Å²) < 4.78 is 31.5. The van der Waals surface area contributed by atoms with Crippen molar-refractivity contribution < 1.29 is 27.7 Å². The smallest absolute Gasteiger partial charge is 0.326 e. The van der Waals surface area contributed by atoms with Crippen molar-refractivity contribution in [1.82, 2.24) is 0 Å². The van der Waals surface area contributed by atoms with Crippen LogP contribution >= 0.6 is 15.9 Å². The third-order valence-corrected chi connectivity index (χ3v) is 3.78. The van der Waals surface area contributed by atoms with Crippen molar-refractivity contribution in [3.05, 3.63) is 22.7 Å².